The van der Waals surface area contributed by atoms with Gasteiger partial charge in [-0.25, -0.2) is 9.18 Å². The second-order valence-electron chi connectivity index (χ2n) is 11.2. The highest BCUT2D eigenvalue weighted by Gasteiger charge is 2.36. The van der Waals surface area contributed by atoms with Crippen molar-refractivity contribution in [2.45, 2.75) is 123 Å². The second-order valence-corrected chi connectivity index (χ2v) is 11.2. The van der Waals surface area contributed by atoms with E-state index in [4.69, 9.17) is 4.74 Å². The number of rotatable bonds is 15. The molecule has 0 unspecified atom stereocenters. The summed E-state index contributed by atoms with van der Waals surface area (Å²) in [6, 6.07) is 15.3. The molecule has 0 amide bonds. The Hall–Kier alpha value is -2.67. The first kappa shape index (κ1) is 29.9. The predicted octanol–water partition coefficient (Wildman–Crippen LogP) is 9.98. The number of hydrogen-bond acceptors (Lipinski definition) is 3. The van der Waals surface area contributed by atoms with Gasteiger partial charge in [0.2, 0.25) is 0 Å². The molecule has 0 aliphatic heterocycles. The first-order valence-electron chi connectivity index (χ1n) is 15.0. The molecule has 0 heterocycles. The smallest absolute Gasteiger partial charge is 0.338 e. The highest BCUT2D eigenvalue weighted by Crippen LogP contribution is 2.41. The van der Waals surface area contributed by atoms with Crippen LogP contribution < -0.4 is 0 Å². The number of carbonyl (C=O) groups is 1. The maximum atomic E-state index is 14.7. The monoisotopic (exact) mass is 519 g/mol. The van der Waals surface area contributed by atoms with Gasteiger partial charge in [-0.1, -0.05) is 95.9 Å². The Kier molecular flexibility index (Phi) is 12.3. The van der Waals surface area contributed by atoms with Crippen molar-refractivity contribution in [2.24, 2.45) is 5.41 Å². The molecule has 1 fully saturated rings. The van der Waals surface area contributed by atoms with Crippen LogP contribution >= 0.6 is 0 Å². The highest BCUT2D eigenvalue weighted by atomic mass is 19.1. The summed E-state index contributed by atoms with van der Waals surface area (Å²) in [5.41, 5.74) is 2.72. The Morgan fingerprint density at radius 3 is 2.11 bits per heavy atom. The van der Waals surface area contributed by atoms with Crippen LogP contribution in [0.1, 0.15) is 126 Å². The van der Waals surface area contributed by atoms with Gasteiger partial charge in [-0.15, -0.1) is 0 Å². The predicted molar refractivity (Wildman–Crippen MR) is 153 cm³/mol. The van der Waals surface area contributed by atoms with Crippen LogP contribution in [0.15, 0.2) is 42.5 Å². The Morgan fingerprint density at radius 2 is 1.50 bits per heavy atom. The minimum absolute atomic E-state index is 0.132. The van der Waals surface area contributed by atoms with Gasteiger partial charge in [-0.2, -0.15) is 5.26 Å². The summed E-state index contributed by atoms with van der Waals surface area (Å²) in [6.45, 7) is 4.41. The van der Waals surface area contributed by atoms with E-state index in [0.717, 1.165) is 74.5 Å². The average molecular weight is 520 g/mol. The van der Waals surface area contributed by atoms with Crippen molar-refractivity contribution < 1.29 is 13.9 Å². The van der Waals surface area contributed by atoms with Crippen LogP contribution in [-0.4, -0.2) is 12.1 Å². The molecule has 0 spiro atoms. The van der Waals surface area contributed by atoms with Gasteiger partial charge in [0.05, 0.1) is 17.0 Å². The van der Waals surface area contributed by atoms with Crippen molar-refractivity contribution >= 4 is 5.97 Å². The maximum absolute atomic E-state index is 14.7. The standard InChI is InChI=1S/C34H46FNO2/c1-3-5-7-9-11-13-28-16-19-30(25-32(28)35)27-14-17-29(18-15-27)33(37)38-31-20-23-34(26-36,24-21-31)22-12-10-8-6-4-2/h14-19,25,31H,3-13,20-24H2,1-2H3. The van der Waals surface area contributed by atoms with Gasteiger partial charge in [0.1, 0.15) is 11.9 Å². The Morgan fingerprint density at radius 1 is 0.895 bits per heavy atom. The van der Waals surface area contributed by atoms with E-state index < -0.39 is 0 Å². The summed E-state index contributed by atoms with van der Waals surface area (Å²) >= 11 is 0. The van der Waals surface area contributed by atoms with E-state index >= 15 is 0 Å². The largest absolute Gasteiger partial charge is 0.459 e. The van der Waals surface area contributed by atoms with Crippen LogP contribution in [0.4, 0.5) is 4.39 Å². The van der Waals surface area contributed by atoms with E-state index in [2.05, 4.69) is 19.9 Å². The first-order chi connectivity index (χ1) is 18.5. The van der Waals surface area contributed by atoms with E-state index in [9.17, 15) is 14.4 Å². The molecule has 1 aliphatic carbocycles. The second kappa shape index (κ2) is 15.7. The quantitative estimate of drug-likeness (QED) is 0.174. The normalized spacial score (nSPS) is 19.2. The van der Waals surface area contributed by atoms with Crippen LogP contribution in [0.2, 0.25) is 0 Å². The van der Waals surface area contributed by atoms with Crippen LogP contribution in [0.5, 0.6) is 0 Å². The molecule has 0 N–H and O–H groups in total. The van der Waals surface area contributed by atoms with E-state index in [1.165, 1.54) is 44.9 Å². The van der Waals surface area contributed by atoms with Gasteiger partial charge >= 0.3 is 5.97 Å². The molecule has 1 aliphatic rings. The number of aryl methyl sites for hydroxylation is 1. The molecule has 2 aromatic rings. The van der Waals surface area contributed by atoms with Gasteiger partial charge in [-0.3, -0.25) is 0 Å². The molecule has 1 saturated carbocycles. The SMILES string of the molecule is CCCCCCCc1ccc(-c2ccc(C(=O)OC3CCC(C#N)(CCCCCCC)CC3)cc2)cc1F. The van der Waals surface area contributed by atoms with E-state index in [1.807, 2.05) is 24.3 Å². The lowest BCUT2D eigenvalue weighted by Crippen LogP contribution is -2.31. The summed E-state index contributed by atoms with van der Waals surface area (Å²) in [6.07, 6.45) is 16.6. The number of hydrogen-bond donors (Lipinski definition) is 0. The lowest BCUT2D eigenvalue weighted by atomic mass is 9.71. The number of carbonyl (C=O) groups excluding carboxylic acids is 1. The minimum atomic E-state index is -0.324. The zero-order valence-corrected chi connectivity index (χ0v) is 23.6. The topological polar surface area (TPSA) is 50.1 Å². The molecule has 0 aromatic heterocycles. The minimum Gasteiger partial charge on any atom is -0.459 e. The third-order valence-electron chi connectivity index (χ3n) is 8.22. The number of halogens is 1. The third kappa shape index (κ3) is 8.97. The number of nitrogens with zero attached hydrogens (tertiary/aromatic N) is 1. The van der Waals surface area contributed by atoms with Crippen LogP contribution in [0.25, 0.3) is 11.1 Å². The molecule has 206 valence electrons. The molecule has 2 aromatic carbocycles. The molecule has 0 radical (unpaired) electrons. The van der Waals surface area contributed by atoms with Crippen molar-refractivity contribution in [1.82, 2.24) is 0 Å². The molecule has 3 rings (SSSR count). The van der Waals surface area contributed by atoms with Crippen LogP contribution in [0.3, 0.4) is 0 Å². The van der Waals surface area contributed by atoms with Gasteiger partial charge in [0, 0.05) is 0 Å². The fourth-order valence-electron chi connectivity index (χ4n) is 5.61. The zero-order chi connectivity index (χ0) is 27.2. The molecule has 4 heteroatoms. The molecule has 0 bridgehead atoms. The van der Waals surface area contributed by atoms with Crippen molar-refractivity contribution in [3.63, 3.8) is 0 Å². The van der Waals surface area contributed by atoms with Gasteiger partial charge in [0.25, 0.3) is 0 Å². The molecular weight excluding hydrogens is 473 g/mol. The van der Waals surface area contributed by atoms with E-state index in [0.29, 0.717) is 5.56 Å². The van der Waals surface area contributed by atoms with Gasteiger partial charge < -0.3 is 4.74 Å². The van der Waals surface area contributed by atoms with Crippen molar-refractivity contribution in [1.29, 1.82) is 5.26 Å². The van der Waals surface area contributed by atoms with Gasteiger partial charge in [-0.05, 0) is 79.8 Å². The lowest BCUT2D eigenvalue weighted by molar-refractivity contribution is 0.0105. The highest BCUT2D eigenvalue weighted by molar-refractivity contribution is 5.90. The third-order valence-corrected chi connectivity index (χ3v) is 8.22. The number of benzene rings is 2. The molecule has 0 saturated heterocycles. The van der Waals surface area contributed by atoms with E-state index in [1.54, 1.807) is 18.2 Å². The summed E-state index contributed by atoms with van der Waals surface area (Å²) in [5.74, 6) is -0.483. The molecule has 0 atom stereocenters. The van der Waals surface area contributed by atoms with E-state index in [-0.39, 0.29) is 23.3 Å². The Labute approximate surface area is 229 Å². The Bertz CT molecular complexity index is 1030. The lowest BCUT2D eigenvalue weighted by Gasteiger charge is -2.34. The number of nitriles is 1. The fourth-order valence-corrected chi connectivity index (χ4v) is 5.61. The number of ether oxygens (including phenoxy) is 1. The first-order valence-corrected chi connectivity index (χ1v) is 15.0. The number of esters is 1. The molecular formula is C34H46FNO2. The van der Waals surface area contributed by atoms with Crippen LogP contribution in [-0.2, 0) is 11.2 Å². The summed E-state index contributed by atoms with van der Waals surface area (Å²) in [5, 5.41) is 9.83. The van der Waals surface area contributed by atoms with Gasteiger partial charge in [0.15, 0.2) is 0 Å². The number of unbranched alkanes of at least 4 members (excludes halogenated alkanes) is 8. The molecule has 38 heavy (non-hydrogen) atoms. The van der Waals surface area contributed by atoms with Crippen molar-refractivity contribution in [2.75, 3.05) is 0 Å². The summed E-state index contributed by atoms with van der Waals surface area (Å²) in [7, 11) is 0. The molecule has 3 nitrogen and oxygen atoms in total. The average Bonchev–Trinajstić information content (AvgIpc) is 2.94. The van der Waals surface area contributed by atoms with Crippen molar-refractivity contribution in [3.8, 4) is 17.2 Å². The van der Waals surface area contributed by atoms with Crippen LogP contribution in [0, 0.1) is 22.6 Å². The van der Waals surface area contributed by atoms with Crippen molar-refractivity contribution in [3.05, 3.63) is 59.4 Å². The Balaban J connectivity index is 1.48. The maximum Gasteiger partial charge on any atom is 0.338 e. The summed E-state index contributed by atoms with van der Waals surface area (Å²) in [4.78, 5) is 12.8. The fraction of sp³-hybridized carbons (Fsp3) is 0.588. The summed E-state index contributed by atoms with van der Waals surface area (Å²) < 4.78 is 20.5. The zero-order valence-electron chi connectivity index (χ0n) is 23.6.